The van der Waals surface area contributed by atoms with Crippen LogP contribution in [0.25, 0.3) is 0 Å². The van der Waals surface area contributed by atoms with Crippen molar-refractivity contribution in [3.05, 3.63) is 0 Å². The monoisotopic (exact) mass is 526 g/mol. The number of esters is 2. The molecule has 8 bridgehead atoms. The molecular formula is C28H40F2O7. The largest absolute Gasteiger partial charge is 0.459 e. The molecule has 1 N–H and O–H groups in total. The van der Waals surface area contributed by atoms with E-state index in [1.807, 2.05) is 0 Å². The highest BCUT2D eigenvalue weighted by atomic mass is 19.3. The van der Waals surface area contributed by atoms with Crippen LogP contribution in [-0.4, -0.2) is 65.2 Å². The fraction of sp³-hybridized carbons (Fsp3) is 0.929. The van der Waals surface area contributed by atoms with Gasteiger partial charge >= 0.3 is 17.9 Å². The van der Waals surface area contributed by atoms with Crippen molar-refractivity contribution < 1.29 is 42.4 Å². The van der Waals surface area contributed by atoms with Crippen LogP contribution in [0.4, 0.5) is 8.78 Å². The zero-order valence-electron chi connectivity index (χ0n) is 21.9. The quantitative estimate of drug-likeness (QED) is 0.356. The van der Waals surface area contributed by atoms with Crippen LogP contribution in [0.3, 0.4) is 0 Å². The molecule has 7 nitrogen and oxygen atoms in total. The SMILES string of the molecule is CC(F)(F)C(=O)OCCOC12CC3CC(O)(C1)CC(OCC(=O)OC1(C)C4CC5CC(C4)CC1C5)(C3)C2. The lowest BCUT2D eigenvalue weighted by atomic mass is 9.50. The summed E-state index contributed by atoms with van der Waals surface area (Å²) < 4.78 is 49.4. The van der Waals surface area contributed by atoms with Gasteiger partial charge in [0, 0.05) is 26.2 Å². The van der Waals surface area contributed by atoms with Crippen LogP contribution in [0.2, 0.25) is 0 Å². The molecule has 37 heavy (non-hydrogen) atoms. The molecule has 0 saturated heterocycles. The molecule has 0 aromatic heterocycles. The minimum Gasteiger partial charge on any atom is -0.459 e. The van der Waals surface area contributed by atoms with Gasteiger partial charge < -0.3 is 24.1 Å². The first kappa shape index (κ1) is 25.9. The minimum atomic E-state index is -3.55. The lowest BCUT2D eigenvalue weighted by Gasteiger charge is -2.64. The standard InChI is InChI=1S/C28H40F2O7/c1-24(20-6-17-5-18(8-20)9-21(24)7-17)37-22(31)13-36-28-12-19-10-26(33,15-28)14-27(11-19,16-28)35-4-3-34-23(32)25(2,29)30/h17-21,33H,3-16H2,1-2H3. The third-order valence-electron chi connectivity index (χ3n) is 10.6. The van der Waals surface area contributed by atoms with Crippen LogP contribution < -0.4 is 0 Å². The third-order valence-corrected chi connectivity index (χ3v) is 10.6. The molecule has 8 aliphatic rings. The van der Waals surface area contributed by atoms with Gasteiger partial charge in [-0.2, -0.15) is 8.78 Å². The Hall–Kier alpha value is -1.32. The number of hydrogen-bond donors (Lipinski definition) is 1. The molecule has 9 heteroatoms. The molecule has 4 atom stereocenters. The summed E-state index contributed by atoms with van der Waals surface area (Å²) in [6.45, 7) is 2.15. The maximum absolute atomic E-state index is 13.1. The van der Waals surface area contributed by atoms with Gasteiger partial charge in [0.25, 0.3) is 0 Å². The van der Waals surface area contributed by atoms with Crippen LogP contribution in [-0.2, 0) is 28.5 Å². The average molecular weight is 527 g/mol. The van der Waals surface area contributed by atoms with Crippen molar-refractivity contribution in [2.75, 3.05) is 19.8 Å². The maximum Gasteiger partial charge on any atom is 0.376 e. The van der Waals surface area contributed by atoms with Crippen molar-refractivity contribution in [1.82, 2.24) is 0 Å². The van der Waals surface area contributed by atoms with E-state index < -0.39 is 34.3 Å². The summed E-state index contributed by atoms with van der Waals surface area (Å²) in [5.41, 5.74) is -2.74. The fourth-order valence-electron chi connectivity index (χ4n) is 9.83. The van der Waals surface area contributed by atoms with E-state index in [9.17, 15) is 23.5 Å². The first-order chi connectivity index (χ1) is 17.3. The Labute approximate surface area is 216 Å². The van der Waals surface area contributed by atoms with Crippen molar-refractivity contribution in [2.24, 2.45) is 29.6 Å². The number of aliphatic hydroxyl groups is 1. The van der Waals surface area contributed by atoms with E-state index in [0.717, 1.165) is 50.4 Å². The predicted octanol–water partition coefficient (Wildman–Crippen LogP) is 4.18. The van der Waals surface area contributed by atoms with Crippen molar-refractivity contribution in [1.29, 1.82) is 0 Å². The summed E-state index contributed by atoms with van der Waals surface area (Å²) in [6.07, 6.45) is 9.47. The second-order valence-corrected chi connectivity index (χ2v) is 13.7. The van der Waals surface area contributed by atoms with Gasteiger partial charge in [-0.3, -0.25) is 0 Å². The van der Waals surface area contributed by atoms with Gasteiger partial charge in [-0.25, -0.2) is 9.59 Å². The molecule has 208 valence electrons. The zero-order chi connectivity index (χ0) is 26.3. The lowest BCUT2D eigenvalue weighted by molar-refractivity contribution is -0.283. The fourth-order valence-corrected chi connectivity index (χ4v) is 9.83. The number of carbonyl (C=O) groups is 2. The molecular weight excluding hydrogens is 486 g/mol. The Morgan fingerprint density at radius 1 is 0.865 bits per heavy atom. The van der Waals surface area contributed by atoms with Crippen molar-refractivity contribution >= 4 is 11.9 Å². The molecule has 8 aliphatic carbocycles. The van der Waals surface area contributed by atoms with Crippen LogP contribution in [0, 0.1) is 29.6 Å². The maximum atomic E-state index is 13.1. The topological polar surface area (TPSA) is 91.3 Å². The van der Waals surface area contributed by atoms with Crippen LogP contribution in [0.5, 0.6) is 0 Å². The molecule has 0 heterocycles. The van der Waals surface area contributed by atoms with Crippen LogP contribution in [0.15, 0.2) is 0 Å². The van der Waals surface area contributed by atoms with Crippen molar-refractivity contribution in [3.63, 3.8) is 0 Å². The Balaban J connectivity index is 1.07. The Bertz CT molecular complexity index is 921. The molecule has 0 amide bonds. The number of halogens is 2. The predicted molar refractivity (Wildman–Crippen MR) is 127 cm³/mol. The average Bonchev–Trinajstić information content (AvgIpc) is 2.76. The summed E-state index contributed by atoms with van der Waals surface area (Å²) in [5.74, 6) is -2.82. The normalized spacial score (nSPS) is 47.3. The van der Waals surface area contributed by atoms with E-state index in [0.29, 0.717) is 44.4 Å². The first-order valence-corrected chi connectivity index (χ1v) is 14.1. The van der Waals surface area contributed by atoms with E-state index in [1.54, 1.807) is 0 Å². The summed E-state index contributed by atoms with van der Waals surface area (Å²) >= 11 is 0. The highest BCUT2D eigenvalue weighted by Gasteiger charge is 2.65. The smallest absolute Gasteiger partial charge is 0.376 e. The molecule has 8 fully saturated rings. The lowest BCUT2D eigenvalue weighted by Crippen LogP contribution is -2.67. The molecule has 4 unspecified atom stereocenters. The van der Waals surface area contributed by atoms with Gasteiger partial charge in [0.15, 0.2) is 0 Å². The molecule has 8 saturated carbocycles. The summed E-state index contributed by atoms with van der Waals surface area (Å²) in [5, 5.41) is 11.3. The van der Waals surface area contributed by atoms with Crippen LogP contribution >= 0.6 is 0 Å². The van der Waals surface area contributed by atoms with Gasteiger partial charge in [0.2, 0.25) is 0 Å². The molecule has 0 aromatic carbocycles. The second-order valence-electron chi connectivity index (χ2n) is 13.7. The van der Waals surface area contributed by atoms with Crippen molar-refractivity contribution in [3.8, 4) is 0 Å². The van der Waals surface area contributed by atoms with E-state index >= 15 is 0 Å². The van der Waals surface area contributed by atoms with Gasteiger partial charge in [-0.05, 0) is 87.9 Å². The zero-order valence-corrected chi connectivity index (χ0v) is 21.9. The molecule has 8 rings (SSSR count). The van der Waals surface area contributed by atoms with Crippen molar-refractivity contribution in [2.45, 2.75) is 113 Å². The van der Waals surface area contributed by atoms with Gasteiger partial charge in [0.05, 0.1) is 23.4 Å². The highest BCUT2D eigenvalue weighted by Crippen LogP contribution is 2.62. The van der Waals surface area contributed by atoms with E-state index in [1.165, 1.54) is 6.42 Å². The van der Waals surface area contributed by atoms with E-state index in [2.05, 4.69) is 11.7 Å². The second kappa shape index (κ2) is 8.59. The first-order valence-electron chi connectivity index (χ1n) is 14.1. The number of rotatable bonds is 9. The summed E-state index contributed by atoms with van der Waals surface area (Å²) in [4.78, 5) is 24.5. The van der Waals surface area contributed by atoms with E-state index in [4.69, 9.17) is 14.2 Å². The number of carbonyl (C=O) groups excluding carboxylic acids is 2. The van der Waals surface area contributed by atoms with Crippen LogP contribution in [0.1, 0.15) is 84.5 Å². The van der Waals surface area contributed by atoms with E-state index in [-0.39, 0.29) is 31.7 Å². The Morgan fingerprint density at radius 2 is 1.46 bits per heavy atom. The Kier molecular flexibility index (Phi) is 6.02. The third kappa shape index (κ3) is 4.71. The minimum absolute atomic E-state index is 0.0359. The summed E-state index contributed by atoms with van der Waals surface area (Å²) in [6, 6.07) is 0. The molecule has 0 aromatic rings. The number of alkyl halides is 2. The highest BCUT2D eigenvalue weighted by molar-refractivity contribution is 5.76. The molecule has 0 spiro atoms. The molecule has 0 aliphatic heterocycles. The van der Waals surface area contributed by atoms with Gasteiger partial charge in [0.1, 0.15) is 18.8 Å². The summed E-state index contributed by atoms with van der Waals surface area (Å²) in [7, 11) is 0. The molecule has 0 radical (unpaired) electrons. The van der Waals surface area contributed by atoms with Gasteiger partial charge in [-0.1, -0.05) is 0 Å². The number of hydrogen-bond acceptors (Lipinski definition) is 7. The van der Waals surface area contributed by atoms with Gasteiger partial charge in [-0.15, -0.1) is 0 Å². The number of ether oxygens (including phenoxy) is 4. The Morgan fingerprint density at radius 3 is 2.03 bits per heavy atom.